The molecule has 0 aromatic carbocycles. The average molecular weight is 319 g/mol. The summed E-state index contributed by atoms with van der Waals surface area (Å²) >= 11 is 0. The number of rotatable bonds is 9. The Bertz CT molecular complexity index is 490. The zero-order valence-electron chi connectivity index (χ0n) is 14.2. The molecule has 1 aromatic rings. The maximum atomic E-state index is 11.7. The van der Waals surface area contributed by atoms with Gasteiger partial charge < -0.3 is 9.32 Å². The Labute approximate surface area is 139 Å². The van der Waals surface area contributed by atoms with Crippen LogP contribution < -0.4 is 10.3 Å². The van der Waals surface area contributed by atoms with Gasteiger partial charge in [-0.25, -0.2) is 5.43 Å². The number of nitrogens with one attached hydrogen (secondary N) is 1. The monoisotopic (exact) mass is 319 g/mol. The molecule has 0 spiro atoms. The van der Waals surface area contributed by atoms with Crippen LogP contribution in [-0.4, -0.2) is 25.2 Å². The third-order valence-electron chi connectivity index (χ3n) is 4.17. The van der Waals surface area contributed by atoms with Crippen molar-refractivity contribution in [3.8, 4) is 0 Å². The summed E-state index contributed by atoms with van der Waals surface area (Å²) in [5.74, 6) is 1.54. The molecule has 0 bridgehead atoms. The molecule has 0 unspecified atom stereocenters. The van der Waals surface area contributed by atoms with Gasteiger partial charge in [-0.15, -0.1) is 0 Å². The normalized spacial score (nSPS) is 15.3. The van der Waals surface area contributed by atoms with Crippen LogP contribution in [0.2, 0.25) is 0 Å². The Morgan fingerprint density at radius 3 is 2.78 bits per heavy atom. The quantitative estimate of drug-likeness (QED) is 0.424. The van der Waals surface area contributed by atoms with Crippen molar-refractivity contribution in [1.82, 2.24) is 5.43 Å². The van der Waals surface area contributed by atoms with Crippen molar-refractivity contribution in [3.05, 3.63) is 17.9 Å². The molecule has 128 valence electrons. The van der Waals surface area contributed by atoms with Crippen LogP contribution in [0.15, 0.2) is 21.7 Å². The Balaban J connectivity index is 1.67. The Kier molecular flexibility index (Phi) is 7.70. The molecular formula is C18H29N3O2. The second kappa shape index (κ2) is 10.1. The van der Waals surface area contributed by atoms with Gasteiger partial charge in [0.2, 0.25) is 5.91 Å². The van der Waals surface area contributed by atoms with Crippen LogP contribution in [0.5, 0.6) is 0 Å². The molecule has 5 nitrogen and oxygen atoms in total. The summed E-state index contributed by atoms with van der Waals surface area (Å²) in [7, 11) is 0. The van der Waals surface area contributed by atoms with Crippen molar-refractivity contribution >= 4 is 18.0 Å². The van der Waals surface area contributed by atoms with Gasteiger partial charge in [-0.3, -0.25) is 4.79 Å². The molecule has 1 N–H and O–H groups in total. The Morgan fingerprint density at radius 2 is 2.00 bits per heavy atom. The highest BCUT2D eigenvalue weighted by molar-refractivity contribution is 5.80. The second-order valence-corrected chi connectivity index (χ2v) is 6.18. The number of hydrazone groups is 1. The molecule has 1 aromatic heterocycles. The van der Waals surface area contributed by atoms with Gasteiger partial charge in [-0.1, -0.05) is 32.6 Å². The fraction of sp³-hybridized carbons (Fsp3) is 0.667. The first kappa shape index (κ1) is 17.6. The first-order valence-corrected chi connectivity index (χ1v) is 8.96. The van der Waals surface area contributed by atoms with E-state index in [0.717, 1.165) is 31.8 Å². The topological polar surface area (TPSA) is 57.8 Å². The lowest BCUT2D eigenvalue weighted by Gasteiger charge is -2.25. The second-order valence-electron chi connectivity index (χ2n) is 6.18. The van der Waals surface area contributed by atoms with Crippen LogP contribution in [0, 0.1) is 0 Å². The van der Waals surface area contributed by atoms with Crippen molar-refractivity contribution in [2.24, 2.45) is 5.10 Å². The third-order valence-corrected chi connectivity index (χ3v) is 4.17. The van der Waals surface area contributed by atoms with E-state index in [-0.39, 0.29) is 5.91 Å². The molecule has 1 amide bonds. The number of unbranched alkanes of at least 4 members (excludes halogenated alkanes) is 4. The number of hydrogen-bond acceptors (Lipinski definition) is 4. The fourth-order valence-corrected chi connectivity index (χ4v) is 2.81. The van der Waals surface area contributed by atoms with Crippen LogP contribution in [-0.2, 0) is 4.79 Å². The van der Waals surface area contributed by atoms with Crippen LogP contribution in [0.4, 0.5) is 5.88 Å². The standard InChI is InChI=1S/C18H29N3O2/c1-2-3-4-5-7-10-17(22)20-19-15-16-11-12-18(23-16)21-13-8-6-9-14-21/h11-12,15H,2-10,13-14H2,1H3,(H,20,22)/b19-15+. The zero-order chi connectivity index (χ0) is 16.3. The Morgan fingerprint density at radius 1 is 1.22 bits per heavy atom. The van der Waals surface area contributed by atoms with Gasteiger partial charge in [0, 0.05) is 25.6 Å². The summed E-state index contributed by atoms with van der Waals surface area (Å²) < 4.78 is 5.76. The van der Waals surface area contributed by atoms with E-state index in [2.05, 4.69) is 22.4 Å². The van der Waals surface area contributed by atoms with Crippen molar-refractivity contribution in [2.45, 2.75) is 64.7 Å². The van der Waals surface area contributed by atoms with Crippen LogP contribution in [0.1, 0.15) is 70.5 Å². The average Bonchev–Trinajstić information content (AvgIpc) is 3.04. The highest BCUT2D eigenvalue weighted by atomic mass is 16.4. The number of amides is 1. The molecule has 0 saturated carbocycles. The highest BCUT2D eigenvalue weighted by Gasteiger charge is 2.13. The largest absolute Gasteiger partial charge is 0.440 e. The van der Waals surface area contributed by atoms with Crippen molar-refractivity contribution in [3.63, 3.8) is 0 Å². The first-order valence-electron chi connectivity index (χ1n) is 8.96. The minimum Gasteiger partial charge on any atom is -0.440 e. The summed E-state index contributed by atoms with van der Waals surface area (Å²) in [5, 5.41) is 3.98. The predicted molar refractivity (Wildman–Crippen MR) is 93.9 cm³/mol. The first-order chi connectivity index (χ1) is 11.3. The smallest absolute Gasteiger partial charge is 0.240 e. The van der Waals surface area contributed by atoms with Crippen molar-refractivity contribution in [2.75, 3.05) is 18.0 Å². The van der Waals surface area contributed by atoms with Crippen molar-refractivity contribution in [1.29, 1.82) is 0 Å². The van der Waals surface area contributed by atoms with Gasteiger partial charge in [-0.05, 0) is 31.7 Å². The van der Waals surface area contributed by atoms with E-state index in [4.69, 9.17) is 4.42 Å². The van der Waals surface area contributed by atoms with Gasteiger partial charge in [0.15, 0.2) is 5.88 Å². The van der Waals surface area contributed by atoms with Gasteiger partial charge in [-0.2, -0.15) is 5.10 Å². The highest BCUT2D eigenvalue weighted by Crippen LogP contribution is 2.21. The number of anilines is 1. The molecule has 1 fully saturated rings. The van der Waals surface area contributed by atoms with Crippen LogP contribution >= 0.6 is 0 Å². The van der Waals surface area contributed by atoms with Gasteiger partial charge >= 0.3 is 0 Å². The summed E-state index contributed by atoms with van der Waals surface area (Å²) in [6.07, 6.45) is 11.6. The molecule has 1 aliphatic rings. The third kappa shape index (κ3) is 6.47. The number of piperidine rings is 1. The van der Waals surface area contributed by atoms with E-state index in [0.29, 0.717) is 12.2 Å². The molecule has 2 rings (SSSR count). The van der Waals surface area contributed by atoms with E-state index < -0.39 is 0 Å². The van der Waals surface area contributed by atoms with E-state index in [1.807, 2.05) is 12.1 Å². The molecule has 2 heterocycles. The number of carbonyl (C=O) groups is 1. The lowest BCUT2D eigenvalue weighted by Crippen LogP contribution is -2.28. The number of carbonyl (C=O) groups excluding carboxylic acids is 1. The predicted octanol–water partition coefficient (Wildman–Crippen LogP) is 4.08. The SMILES string of the molecule is CCCCCCCC(=O)N/N=C/c1ccc(N2CCCCC2)o1. The molecule has 0 radical (unpaired) electrons. The number of nitrogens with zero attached hydrogens (tertiary/aromatic N) is 2. The van der Waals surface area contributed by atoms with E-state index in [1.54, 1.807) is 6.21 Å². The fourth-order valence-electron chi connectivity index (χ4n) is 2.81. The van der Waals surface area contributed by atoms with Crippen LogP contribution in [0.25, 0.3) is 0 Å². The van der Waals surface area contributed by atoms with E-state index >= 15 is 0 Å². The van der Waals surface area contributed by atoms with E-state index in [1.165, 1.54) is 38.5 Å². The lowest BCUT2D eigenvalue weighted by molar-refractivity contribution is -0.121. The van der Waals surface area contributed by atoms with E-state index in [9.17, 15) is 4.79 Å². The maximum absolute atomic E-state index is 11.7. The van der Waals surface area contributed by atoms with Crippen LogP contribution in [0.3, 0.4) is 0 Å². The summed E-state index contributed by atoms with van der Waals surface area (Å²) in [6, 6.07) is 3.87. The Hall–Kier alpha value is -1.78. The molecule has 0 atom stereocenters. The molecular weight excluding hydrogens is 290 g/mol. The van der Waals surface area contributed by atoms with Crippen molar-refractivity contribution < 1.29 is 9.21 Å². The zero-order valence-corrected chi connectivity index (χ0v) is 14.2. The lowest BCUT2D eigenvalue weighted by atomic mass is 10.1. The molecule has 1 saturated heterocycles. The minimum atomic E-state index is -0.0273. The summed E-state index contributed by atoms with van der Waals surface area (Å²) in [5.41, 5.74) is 2.57. The van der Waals surface area contributed by atoms with Gasteiger partial charge in [0.25, 0.3) is 0 Å². The van der Waals surface area contributed by atoms with Gasteiger partial charge in [0.1, 0.15) is 5.76 Å². The number of hydrogen-bond donors (Lipinski definition) is 1. The summed E-state index contributed by atoms with van der Waals surface area (Å²) in [4.78, 5) is 13.9. The molecule has 1 aliphatic heterocycles. The molecule has 0 aliphatic carbocycles. The molecule has 5 heteroatoms. The maximum Gasteiger partial charge on any atom is 0.240 e. The van der Waals surface area contributed by atoms with Gasteiger partial charge in [0.05, 0.1) is 6.21 Å². The number of furan rings is 1. The minimum absolute atomic E-state index is 0.0273. The molecule has 23 heavy (non-hydrogen) atoms. The summed E-state index contributed by atoms with van der Waals surface area (Å²) in [6.45, 7) is 4.30.